The molecule has 1 aromatic rings. The number of carbonyl (C=O) groups excluding carboxylic acids is 1. The summed E-state index contributed by atoms with van der Waals surface area (Å²) in [7, 11) is 1.23. The molecule has 0 heterocycles. The molecule has 0 spiro atoms. The van der Waals surface area contributed by atoms with Crippen molar-refractivity contribution in [1.29, 1.82) is 5.26 Å². The van der Waals surface area contributed by atoms with Crippen LogP contribution in [0.2, 0.25) is 0 Å². The van der Waals surface area contributed by atoms with Gasteiger partial charge in [0.2, 0.25) is 0 Å². The minimum absolute atomic E-state index is 0.0172. The van der Waals surface area contributed by atoms with Gasteiger partial charge < -0.3 is 4.74 Å². The third-order valence-electron chi connectivity index (χ3n) is 2.51. The highest BCUT2D eigenvalue weighted by Crippen LogP contribution is 2.15. The van der Waals surface area contributed by atoms with Gasteiger partial charge in [0, 0.05) is 12.1 Å². The fraction of sp³-hybridized carbons (Fsp3) is 0.333. The number of methoxy groups -OCH3 is 1. The highest BCUT2D eigenvalue weighted by atomic mass is 16.6. The summed E-state index contributed by atoms with van der Waals surface area (Å²) in [6.07, 6.45) is 0.826. The molecule has 94 valence electrons. The summed E-state index contributed by atoms with van der Waals surface area (Å²) in [4.78, 5) is 21.2. The molecule has 0 N–H and O–H groups in total. The van der Waals surface area contributed by atoms with Crippen LogP contribution in [-0.2, 0) is 16.0 Å². The van der Waals surface area contributed by atoms with Crippen LogP contribution in [0.4, 0.5) is 5.69 Å². The number of nitrogens with zero attached hydrogens (tertiary/aromatic N) is 2. The van der Waals surface area contributed by atoms with Crippen molar-refractivity contribution >= 4 is 11.7 Å². The average Bonchev–Trinajstić information content (AvgIpc) is 2.39. The Bertz CT molecular complexity index is 476. The molecular weight excluding hydrogens is 236 g/mol. The molecule has 18 heavy (non-hydrogen) atoms. The first-order valence-electron chi connectivity index (χ1n) is 5.29. The van der Waals surface area contributed by atoms with Crippen molar-refractivity contribution in [2.45, 2.75) is 12.8 Å². The van der Waals surface area contributed by atoms with Gasteiger partial charge in [0.25, 0.3) is 5.69 Å². The second-order valence-electron chi connectivity index (χ2n) is 3.67. The number of ether oxygens (including phenoxy) is 1. The number of benzene rings is 1. The Morgan fingerprint density at radius 1 is 1.50 bits per heavy atom. The lowest BCUT2D eigenvalue weighted by molar-refractivity contribution is -0.384. The Morgan fingerprint density at radius 2 is 2.11 bits per heavy atom. The van der Waals surface area contributed by atoms with Crippen molar-refractivity contribution in [3.8, 4) is 6.07 Å². The first kappa shape index (κ1) is 13.6. The molecular formula is C12H12N2O4. The zero-order valence-corrected chi connectivity index (χ0v) is 9.83. The predicted octanol–water partition coefficient (Wildman–Crippen LogP) is 1.84. The van der Waals surface area contributed by atoms with Crippen LogP contribution in [0, 0.1) is 27.4 Å². The number of esters is 1. The van der Waals surface area contributed by atoms with E-state index in [0.717, 1.165) is 5.56 Å². The molecule has 0 bridgehead atoms. The van der Waals surface area contributed by atoms with E-state index in [-0.39, 0.29) is 5.69 Å². The van der Waals surface area contributed by atoms with Gasteiger partial charge in [0.1, 0.15) is 5.92 Å². The summed E-state index contributed by atoms with van der Waals surface area (Å²) < 4.78 is 4.49. The third kappa shape index (κ3) is 3.56. The van der Waals surface area contributed by atoms with Crippen molar-refractivity contribution in [3.05, 3.63) is 39.9 Å². The molecule has 0 aromatic heterocycles. The number of hydrogen-bond donors (Lipinski definition) is 0. The fourth-order valence-corrected chi connectivity index (χ4v) is 1.47. The first-order valence-corrected chi connectivity index (χ1v) is 5.29. The molecule has 6 heteroatoms. The normalized spacial score (nSPS) is 11.3. The molecule has 0 aliphatic rings. The van der Waals surface area contributed by atoms with Gasteiger partial charge in [-0.2, -0.15) is 5.26 Å². The second-order valence-corrected chi connectivity index (χ2v) is 3.67. The van der Waals surface area contributed by atoms with E-state index in [0.29, 0.717) is 12.8 Å². The van der Waals surface area contributed by atoms with Crippen molar-refractivity contribution in [1.82, 2.24) is 0 Å². The molecule has 0 fully saturated rings. The van der Waals surface area contributed by atoms with E-state index < -0.39 is 16.8 Å². The average molecular weight is 248 g/mol. The van der Waals surface area contributed by atoms with Crippen molar-refractivity contribution < 1.29 is 14.5 Å². The van der Waals surface area contributed by atoms with Gasteiger partial charge >= 0.3 is 5.97 Å². The van der Waals surface area contributed by atoms with Gasteiger partial charge in [-0.05, 0) is 18.4 Å². The Kier molecular flexibility index (Phi) is 4.81. The van der Waals surface area contributed by atoms with Gasteiger partial charge in [0.05, 0.1) is 18.1 Å². The topological polar surface area (TPSA) is 93.2 Å². The largest absolute Gasteiger partial charge is 0.468 e. The minimum atomic E-state index is -0.801. The lowest BCUT2D eigenvalue weighted by atomic mass is 10.0. The number of nitriles is 1. The molecule has 0 saturated carbocycles. The molecule has 1 unspecified atom stereocenters. The number of nitro groups is 1. The zero-order chi connectivity index (χ0) is 13.5. The monoisotopic (exact) mass is 248 g/mol. The Morgan fingerprint density at radius 3 is 2.56 bits per heavy atom. The summed E-state index contributed by atoms with van der Waals surface area (Å²) in [6, 6.07) is 7.90. The van der Waals surface area contributed by atoms with Gasteiger partial charge in [-0.3, -0.25) is 14.9 Å². The van der Waals surface area contributed by atoms with Crippen LogP contribution in [-0.4, -0.2) is 18.0 Å². The SMILES string of the molecule is COC(=O)C(C#N)CCc1ccc([N+](=O)[O-])cc1. The summed E-state index contributed by atoms with van der Waals surface area (Å²) in [5.74, 6) is -1.36. The molecule has 6 nitrogen and oxygen atoms in total. The fourth-order valence-electron chi connectivity index (χ4n) is 1.47. The highest BCUT2D eigenvalue weighted by molar-refractivity contribution is 5.74. The quantitative estimate of drug-likeness (QED) is 0.450. The number of hydrogen-bond acceptors (Lipinski definition) is 5. The van der Waals surface area contributed by atoms with E-state index in [1.807, 2.05) is 6.07 Å². The molecule has 0 amide bonds. The number of rotatable bonds is 5. The lowest BCUT2D eigenvalue weighted by Crippen LogP contribution is -2.15. The molecule has 1 rings (SSSR count). The Labute approximate surface area is 104 Å². The smallest absolute Gasteiger partial charge is 0.323 e. The number of carbonyl (C=O) groups is 1. The molecule has 0 aliphatic heterocycles. The molecule has 0 radical (unpaired) electrons. The maximum atomic E-state index is 11.2. The van der Waals surface area contributed by atoms with Crippen LogP contribution in [0.5, 0.6) is 0 Å². The lowest BCUT2D eigenvalue weighted by Gasteiger charge is -2.06. The summed E-state index contributed by atoms with van der Waals surface area (Å²) >= 11 is 0. The van der Waals surface area contributed by atoms with Crippen LogP contribution >= 0.6 is 0 Å². The number of nitro benzene ring substituents is 1. The Balaban J connectivity index is 2.61. The van der Waals surface area contributed by atoms with Gasteiger partial charge in [-0.1, -0.05) is 12.1 Å². The van der Waals surface area contributed by atoms with E-state index >= 15 is 0 Å². The third-order valence-corrected chi connectivity index (χ3v) is 2.51. The molecule has 1 atom stereocenters. The van der Waals surface area contributed by atoms with E-state index in [1.165, 1.54) is 19.2 Å². The summed E-state index contributed by atoms with van der Waals surface area (Å²) in [5, 5.41) is 19.2. The molecule has 1 aromatic carbocycles. The van der Waals surface area contributed by atoms with Crippen molar-refractivity contribution in [2.24, 2.45) is 5.92 Å². The maximum Gasteiger partial charge on any atom is 0.323 e. The standard InChI is InChI=1S/C12H12N2O4/c1-18-12(15)10(8-13)5-2-9-3-6-11(7-4-9)14(16)17/h3-4,6-7,10H,2,5H2,1H3. The predicted molar refractivity (Wildman–Crippen MR) is 62.5 cm³/mol. The van der Waals surface area contributed by atoms with Crippen LogP contribution in [0.3, 0.4) is 0 Å². The van der Waals surface area contributed by atoms with Crippen LogP contribution in [0.1, 0.15) is 12.0 Å². The van der Waals surface area contributed by atoms with Gasteiger partial charge in [0.15, 0.2) is 0 Å². The van der Waals surface area contributed by atoms with Gasteiger partial charge in [-0.15, -0.1) is 0 Å². The summed E-state index contributed by atoms with van der Waals surface area (Å²) in [5.41, 5.74) is 0.855. The van der Waals surface area contributed by atoms with E-state index in [4.69, 9.17) is 5.26 Å². The highest BCUT2D eigenvalue weighted by Gasteiger charge is 2.18. The van der Waals surface area contributed by atoms with Crippen LogP contribution in [0.15, 0.2) is 24.3 Å². The summed E-state index contributed by atoms with van der Waals surface area (Å²) in [6.45, 7) is 0. The van der Waals surface area contributed by atoms with E-state index in [9.17, 15) is 14.9 Å². The van der Waals surface area contributed by atoms with Gasteiger partial charge in [-0.25, -0.2) is 0 Å². The maximum absolute atomic E-state index is 11.2. The first-order chi connectivity index (χ1) is 8.58. The minimum Gasteiger partial charge on any atom is -0.468 e. The van der Waals surface area contributed by atoms with E-state index in [2.05, 4.69) is 4.74 Å². The molecule has 0 aliphatic carbocycles. The Hall–Kier alpha value is -2.42. The number of aryl methyl sites for hydroxylation is 1. The number of non-ortho nitro benzene ring substituents is 1. The van der Waals surface area contributed by atoms with Crippen LogP contribution < -0.4 is 0 Å². The molecule has 0 saturated heterocycles. The van der Waals surface area contributed by atoms with Crippen molar-refractivity contribution in [2.75, 3.05) is 7.11 Å². The zero-order valence-electron chi connectivity index (χ0n) is 9.83. The van der Waals surface area contributed by atoms with E-state index in [1.54, 1.807) is 12.1 Å². The van der Waals surface area contributed by atoms with Crippen LogP contribution in [0.25, 0.3) is 0 Å². The second kappa shape index (κ2) is 6.35. The van der Waals surface area contributed by atoms with Crippen molar-refractivity contribution in [3.63, 3.8) is 0 Å².